The van der Waals surface area contributed by atoms with Crippen LogP contribution in [0.5, 0.6) is 11.5 Å². The van der Waals surface area contributed by atoms with Gasteiger partial charge >= 0.3 is 12.6 Å². The maximum absolute atomic E-state index is 12.2. The summed E-state index contributed by atoms with van der Waals surface area (Å²) in [7, 11) is 1.26. The molecule has 1 aromatic carbocycles. The Morgan fingerprint density at radius 3 is 2.64 bits per heavy atom. The number of carboxylic acid groups (broad SMARTS) is 1. The molecule has 7 nitrogen and oxygen atoms in total. The number of aliphatic carboxylic acids is 1. The van der Waals surface area contributed by atoms with E-state index in [4.69, 9.17) is 14.6 Å². The Labute approximate surface area is 124 Å². The Kier molecular flexibility index (Phi) is 7.03. The monoisotopic (exact) mass is 319 g/mol. The van der Waals surface area contributed by atoms with E-state index in [2.05, 4.69) is 10.1 Å². The van der Waals surface area contributed by atoms with Crippen molar-refractivity contribution in [1.82, 2.24) is 5.32 Å². The molecule has 0 aliphatic carbocycles. The fourth-order valence-corrected chi connectivity index (χ4v) is 1.50. The number of halogens is 2. The third kappa shape index (κ3) is 5.92. The zero-order valence-corrected chi connectivity index (χ0v) is 11.7. The van der Waals surface area contributed by atoms with Crippen LogP contribution in [0.4, 0.5) is 8.78 Å². The zero-order chi connectivity index (χ0) is 16.5. The molecule has 0 bridgehead atoms. The van der Waals surface area contributed by atoms with Gasteiger partial charge in [0.15, 0.2) is 11.5 Å². The highest BCUT2D eigenvalue weighted by atomic mass is 19.3. The van der Waals surface area contributed by atoms with Crippen molar-refractivity contribution in [3.05, 3.63) is 23.8 Å². The molecular weight excluding hydrogens is 304 g/mol. The Balaban J connectivity index is 2.56. The molecule has 0 aliphatic heterocycles. The number of alkyl halides is 2. The standard InChI is InChI=1S/C13H15F2NO6/c1-20-10-6-8(2-3-9(10)22-13(14)15)12(19)16-4-5-21-7-11(17)18/h2-3,6,13H,4-5,7H2,1H3,(H,16,19)(H,17,18). The van der Waals surface area contributed by atoms with Gasteiger partial charge in [-0.25, -0.2) is 4.79 Å². The topological polar surface area (TPSA) is 94.1 Å². The molecule has 0 radical (unpaired) electrons. The molecule has 1 rings (SSSR count). The SMILES string of the molecule is COc1cc(C(=O)NCCOCC(=O)O)ccc1OC(F)F. The minimum atomic E-state index is -3.00. The molecule has 0 aliphatic rings. The van der Waals surface area contributed by atoms with Crippen molar-refractivity contribution >= 4 is 11.9 Å². The Morgan fingerprint density at radius 1 is 1.32 bits per heavy atom. The van der Waals surface area contributed by atoms with Crippen molar-refractivity contribution in [1.29, 1.82) is 0 Å². The molecule has 1 amide bonds. The predicted molar refractivity (Wildman–Crippen MR) is 70.4 cm³/mol. The first-order valence-electron chi connectivity index (χ1n) is 6.14. The first-order valence-corrected chi connectivity index (χ1v) is 6.14. The van der Waals surface area contributed by atoms with Gasteiger partial charge in [-0.2, -0.15) is 8.78 Å². The molecule has 122 valence electrons. The second kappa shape index (κ2) is 8.78. The lowest BCUT2D eigenvalue weighted by molar-refractivity contribution is -0.142. The van der Waals surface area contributed by atoms with E-state index >= 15 is 0 Å². The number of methoxy groups -OCH3 is 1. The average molecular weight is 319 g/mol. The summed E-state index contributed by atoms with van der Waals surface area (Å²) in [4.78, 5) is 22.0. The number of hydrogen-bond acceptors (Lipinski definition) is 5. The van der Waals surface area contributed by atoms with Crippen LogP contribution in [0.15, 0.2) is 18.2 Å². The maximum atomic E-state index is 12.2. The Morgan fingerprint density at radius 2 is 2.05 bits per heavy atom. The van der Waals surface area contributed by atoms with E-state index in [1.165, 1.54) is 25.3 Å². The molecule has 0 atom stereocenters. The van der Waals surface area contributed by atoms with Gasteiger partial charge in [0.2, 0.25) is 0 Å². The van der Waals surface area contributed by atoms with E-state index < -0.39 is 25.1 Å². The summed E-state index contributed by atoms with van der Waals surface area (Å²) >= 11 is 0. The predicted octanol–water partition coefficient (Wildman–Crippen LogP) is 1.13. The van der Waals surface area contributed by atoms with Gasteiger partial charge in [-0.15, -0.1) is 0 Å². The zero-order valence-electron chi connectivity index (χ0n) is 11.7. The van der Waals surface area contributed by atoms with E-state index in [9.17, 15) is 18.4 Å². The lowest BCUT2D eigenvalue weighted by atomic mass is 10.2. The number of hydrogen-bond donors (Lipinski definition) is 2. The number of carbonyl (C=O) groups excluding carboxylic acids is 1. The highest BCUT2D eigenvalue weighted by molar-refractivity contribution is 5.94. The van der Waals surface area contributed by atoms with E-state index in [1.807, 2.05) is 0 Å². The first-order chi connectivity index (χ1) is 10.4. The molecular formula is C13H15F2NO6. The molecule has 22 heavy (non-hydrogen) atoms. The largest absolute Gasteiger partial charge is 0.493 e. The smallest absolute Gasteiger partial charge is 0.387 e. The lowest BCUT2D eigenvalue weighted by Gasteiger charge is -2.11. The fraction of sp³-hybridized carbons (Fsp3) is 0.385. The van der Waals surface area contributed by atoms with Crippen molar-refractivity contribution in [2.45, 2.75) is 6.61 Å². The number of carbonyl (C=O) groups is 2. The van der Waals surface area contributed by atoms with Gasteiger partial charge in [0, 0.05) is 12.1 Å². The molecule has 0 fully saturated rings. The van der Waals surface area contributed by atoms with Gasteiger partial charge in [0.25, 0.3) is 5.91 Å². The summed E-state index contributed by atoms with van der Waals surface area (Å²) in [5.74, 6) is -1.78. The van der Waals surface area contributed by atoms with Crippen LogP contribution in [0.1, 0.15) is 10.4 Å². The maximum Gasteiger partial charge on any atom is 0.387 e. The van der Waals surface area contributed by atoms with Crippen LogP contribution in [-0.2, 0) is 9.53 Å². The molecule has 0 spiro atoms. The molecule has 0 unspecified atom stereocenters. The quantitative estimate of drug-likeness (QED) is 0.663. The van der Waals surface area contributed by atoms with Crippen LogP contribution in [-0.4, -0.2) is 50.5 Å². The van der Waals surface area contributed by atoms with Gasteiger partial charge in [0.05, 0.1) is 13.7 Å². The fourth-order valence-electron chi connectivity index (χ4n) is 1.50. The number of carboxylic acids is 1. The molecule has 0 saturated heterocycles. The van der Waals surface area contributed by atoms with Crippen LogP contribution in [0, 0.1) is 0 Å². The van der Waals surface area contributed by atoms with Crippen LogP contribution in [0.3, 0.4) is 0 Å². The average Bonchev–Trinajstić information content (AvgIpc) is 2.46. The lowest BCUT2D eigenvalue weighted by Crippen LogP contribution is -2.28. The number of rotatable bonds is 9. The number of nitrogens with one attached hydrogen (secondary N) is 1. The van der Waals surface area contributed by atoms with Gasteiger partial charge in [-0.1, -0.05) is 0 Å². The van der Waals surface area contributed by atoms with Gasteiger partial charge in [-0.3, -0.25) is 4.79 Å². The van der Waals surface area contributed by atoms with Gasteiger partial charge < -0.3 is 24.6 Å². The summed E-state index contributed by atoms with van der Waals surface area (Å²) in [5.41, 5.74) is 0.178. The minimum Gasteiger partial charge on any atom is -0.493 e. The number of amides is 1. The summed E-state index contributed by atoms with van der Waals surface area (Å²) in [6.45, 7) is -3.32. The van der Waals surface area contributed by atoms with Crippen molar-refractivity contribution in [2.24, 2.45) is 0 Å². The summed E-state index contributed by atoms with van der Waals surface area (Å²) in [6.07, 6.45) is 0. The molecule has 0 saturated carbocycles. The second-order valence-corrected chi connectivity index (χ2v) is 3.95. The first kappa shape index (κ1) is 17.6. The molecule has 0 heterocycles. The molecule has 1 aromatic rings. The summed E-state index contributed by atoms with van der Waals surface area (Å²) in [5, 5.41) is 10.8. The highest BCUT2D eigenvalue weighted by Crippen LogP contribution is 2.29. The van der Waals surface area contributed by atoms with Crippen LogP contribution in [0.2, 0.25) is 0 Å². The minimum absolute atomic E-state index is 0.00456. The van der Waals surface area contributed by atoms with E-state index in [0.717, 1.165) is 0 Å². The third-order valence-corrected chi connectivity index (χ3v) is 2.40. The van der Waals surface area contributed by atoms with E-state index in [0.29, 0.717) is 0 Å². The molecule has 2 N–H and O–H groups in total. The molecule has 0 aromatic heterocycles. The van der Waals surface area contributed by atoms with Crippen molar-refractivity contribution in [3.8, 4) is 11.5 Å². The third-order valence-electron chi connectivity index (χ3n) is 2.40. The van der Waals surface area contributed by atoms with E-state index in [-0.39, 0.29) is 30.2 Å². The van der Waals surface area contributed by atoms with Gasteiger partial charge in [0.1, 0.15) is 6.61 Å². The van der Waals surface area contributed by atoms with Crippen LogP contribution >= 0.6 is 0 Å². The second-order valence-electron chi connectivity index (χ2n) is 3.95. The number of ether oxygens (including phenoxy) is 3. The van der Waals surface area contributed by atoms with Gasteiger partial charge in [-0.05, 0) is 18.2 Å². The normalized spacial score (nSPS) is 10.4. The number of benzene rings is 1. The summed E-state index contributed by atoms with van der Waals surface area (Å²) in [6, 6.07) is 3.75. The Hall–Kier alpha value is -2.42. The van der Waals surface area contributed by atoms with E-state index in [1.54, 1.807) is 0 Å². The highest BCUT2D eigenvalue weighted by Gasteiger charge is 2.14. The summed E-state index contributed by atoms with van der Waals surface area (Å²) < 4.78 is 38.2. The molecule has 9 heteroatoms. The van der Waals surface area contributed by atoms with Crippen molar-refractivity contribution < 1.29 is 37.7 Å². The Bertz CT molecular complexity index is 523. The van der Waals surface area contributed by atoms with Crippen molar-refractivity contribution in [2.75, 3.05) is 26.9 Å². The van der Waals surface area contributed by atoms with Crippen molar-refractivity contribution in [3.63, 3.8) is 0 Å². The van der Waals surface area contributed by atoms with Crippen LogP contribution in [0.25, 0.3) is 0 Å². The van der Waals surface area contributed by atoms with Crippen LogP contribution < -0.4 is 14.8 Å².